The highest BCUT2D eigenvalue weighted by atomic mass is 32.2. The molecule has 5 heteroatoms. The van der Waals surface area contributed by atoms with Crippen molar-refractivity contribution in [3.05, 3.63) is 42.5 Å². The minimum absolute atomic E-state index is 0.0334. The molecule has 0 saturated heterocycles. The highest BCUT2D eigenvalue weighted by Crippen LogP contribution is 2.23. The van der Waals surface area contributed by atoms with Crippen molar-refractivity contribution in [1.82, 2.24) is 4.72 Å². The number of fused-ring (bicyclic) bond motifs is 1. The number of benzene rings is 2. The van der Waals surface area contributed by atoms with Crippen molar-refractivity contribution >= 4 is 32.6 Å². The summed E-state index contributed by atoms with van der Waals surface area (Å²) in [5.41, 5.74) is 0. The maximum atomic E-state index is 12.6. The van der Waals surface area contributed by atoms with Crippen LogP contribution in [0.5, 0.6) is 0 Å². The zero-order valence-electron chi connectivity index (χ0n) is 11.7. The fraction of sp³-hybridized carbons (Fsp3) is 0.333. The van der Waals surface area contributed by atoms with E-state index in [4.69, 9.17) is 0 Å². The van der Waals surface area contributed by atoms with Gasteiger partial charge in [0.15, 0.2) is 0 Å². The number of sulfonamides is 1. The van der Waals surface area contributed by atoms with Crippen LogP contribution in [0.4, 0.5) is 0 Å². The van der Waals surface area contributed by atoms with Gasteiger partial charge in [0, 0.05) is 17.2 Å². The fourth-order valence-electron chi connectivity index (χ4n) is 2.15. The van der Waals surface area contributed by atoms with Gasteiger partial charge in [0.2, 0.25) is 10.0 Å². The van der Waals surface area contributed by atoms with Crippen LogP contribution in [0, 0.1) is 0 Å². The van der Waals surface area contributed by atoms with E-state index < -0.39 is 10.0 Å². The second-order valence-electron chi connectivity index (χ2n) is 4.66. The molecule has 0 spiro atoms. The molecule has 1 N–H and O–H groups in total. The van der Waals surface area contributed by atoms with Crippen LogP contribution >= 0.6 is 11.8 Å². The summed E-state index contributed by atoms with van der Waals surface area (Å²) in [5, 5.41) is 1.70. The van der Waals surface area contributed by atoms with E-state index in [2.05, 4.69) is 4.72 Å². The Morgan fingerprint density at radius 3 is 2.55 bits per heavy atom. The van der Waals surface area contributed by atoms with Gasteiger partial charge in [-0.3, -0.25) is 0 Å². The van der Waals surface area contributed by atoms with Crippen molar-refractivity contribution in [1.29, 1.82) is 0 Å². The van der Waals surface area contributed by atoms with E-state index in [-0.39, 0.29) is 6.04 Å². The van der Waals surface area contributed by atoms with E-state index in [1.165, 1.54) is 0 Å². The molecule has 0 radical (unpaired) electrons. The van der Waals surface area contributed by atoms with E-state index in [9.17, 15) is 8.42 Å². The van der Waals surface area contributed by atoms with Gasteiger partial charge in [-0.1, -0.05) is 43.3 Å². The zero-order valence-corrected chi connectivity index (χ0v) is 13.3. The lowest BCUT2D eigenvalue weighted by Crippen LogP contribution is -2.36. The molecule has 0 bridgehead atoms. The lowest BCUT2D eigenvalue weighted by molar-refractivity contribution is 0.559. The maximum Gasteiger partial charge on any atom is 0.241 e. The molecule has 2 aromatic rings. The van der Waals surface area contributed by atoms with Gasteiger partial charge in [-0.2, -0.15) is 11.8 Å². The Hall–Kier alpha value is -1.04. The topological polar surface area (TPSA) is 46.2 Å². The Labute approximate surface area is 124 Å². The molecule has 2 aromatic carbocycles. The first-order valence-electron chi connectivity index (χ1n) is 6.57. The van der Waals surface area contributed by atoms with Gasteiger partial charge < -0.3 is 0 Å². The molecule has 0 aliphatic rings. The average molecular weight is 309 g/mol. The minimum atomic E-state index is -3.48. The van der Waals surface area contributed by atoms with Gasteiger partial charge in [-0.15, -0.1) is 0 Å². The average Bonchev–Trinajstić information content (AvgIpc) is 2.46. The van der Waals surface area contributed by atoms with Crippen LogP contribution in [0.2, 0.25) is 0 Å². The molecule has 0 aliphatic heterocycles. The third kappa shape index (κ3) is 3.34. The number of hydrogen-bond acceptors (Lipinski definition) is 3. The van der Waals surface area contributed by atoms with Gasteiger partial charge in [-0.05, 0) is 24.1 Å². The van der Waals surface area contributed by atoms with Crippen molar-refractivity contribution in [2.75, 3.05) is 12.0 Å². The quantitative estimate of drug-likeness (QED) is 0.891. The fourth-order valence-corrected chi connectivity index (χ4v) is 4.53. The number of nitrogens with one attached hydrogen (secondary N) is 1. The molecule has 0 aromatic heterocycles. The second-order valence-corrected chi connectivity index (χ2v) is 7.25. The largest absolute Gasteiger partial charge is 0.241 e. The molecule has 1 atom stereocenters. The molecule has 0 aliphatic carbocycles. The summed E-state index contributed by atoms with van der Waals surface area (Å²) in [4.78, 5) is 0.357. The summed E-state index contributed by atoms with van der Waals surface area (Å²) in [6.45, 7) is 1.99. The van der Waals surface area contributed by atoms with Crippen LogP contribution in [0.3, 0.4) is 0 Å². The van der Waals surface area contributed by atoms with Gasteiger partial charge in [0.05, 0.1) is 4.90 Å². The highest BCUT2D eigenvalue weighted by molar-refractivity contribution is 7.98. The third-order valence-corrected chi connectivity index (χ3v) is 5.54. The van der Waals surface area contributed by atoms with E-state index in [0.717, 1.165) is 22.9 Å². The minimum Gasteiger partial charge on any atom is -0.207 e. The highest BCUT2D eigenvalue weighted by Gasteiger charge is 2.20. The normalized spacial score (nSPS) is 13.5. The predicted octanol–water partition coefficient (Wildman–Crippen LogP) is 3.26. The molecule has 0 saturated carbocycles. The van der Waals surface area contributed by atoms with Crippen molar-refractivity contribution in [3.8, 4) is 0 Å². The number of thioether (sulfide) groups is 1. The number of rotatable bonds is 6. The second kappa shape index (κ2) is 6.61. The van der Waals surface area contributed by atoms with Crippen molar-refractivity contribution in [2.24, 2.45) is 0 Å². The van der Waals surface area contributed by atoms with Crippen LogP contribution in [-0.2, 0) is 10.0 Å². The lowest BCUT2D eigenvalue weighted by atomic mass is 10.1. The van der Waals surface area contributed by atoms with Gasteiger partial charge in [0.1, 0.15) is 0 Å². The van der Waals surface area contributed by atoms with Crippen LogP contribution in [0.25, 0.3) is 10.8 Å². The van der Waals surface area contributed by atoms with E-state index in [0.29, 0.717) is 4.90 Å². The molecule has 0 amide bonds. The Morgan fingerprint density at radius 1 is 1.15 bits per heavy atom. The van der Waals surface area contributed by atoms with Crippen molar-refractivity contribution in [3.63, 3.8) is 0 Å². The first-order chi connectivity index (χ1) is 9.58. The number of hydrogen-bond donors (Lipinski definition) is 1. The van der Waals surface area contributed by atoms with Crippen molar-refractivity contribution < 1.29 is 8.42 Å². The molecule has 3 nitrogen and oxygen atoms in total. The molecule has 0 fully saturated rings. The summed E-state index contributed by atoms with van der Waals surface area (Å²) in [7, 11) is -3.48. The van der Waals surface area contributed by atoms with Crippen molar-refractivity contribution in [2.45, 2.75) is 24.3 Å². The van der Waals surface area contributed by atoms with Gasteiger partial charge >= 0.3 is 0 Å². The summed E-state index contributed by atoms with van der Waals surface area (Å²) in [6, 6.07) is 12.9. The zero-order chi connectivity index (χ0) is 14.6. The Balaban J connectivity index is 2.41. The third-order valence-electron chi connectivity index (χ3n) is 3.22. The van der Waals surface area contributed by atoms with E-state index >= 15 is 0 Å². The molecular formula is C15H19NO2S2. The maximum absolute atomic E-state index is 12.6. The van der Waals surface area contributed by atoms with Gasteiger partial charge in [-0.25, -0.2) is 13.1 Å². The molecule has 0 heterocycles. The first-order valence-corrected chi connectivity index (χ1v) is 9.45. The van der Waals surface area contributed by atoms with E-state index in [1.54, 1.807) is 23.9 Å². The standard InChI is InChI=1S/C15H19NO2S2/c1-3-13(11-19-2)16-20(17,18)15-10-6-8-12-7-4-5-9-14(12)15/h4-10,13,16H,3,11H2,1-2H3. The van der Waals surface area contributed by atoms with Crippen LogP contribution in [0.1, 0.15) is 13.3 Å². The monoisotopic (exact) mass is 309 g/mol. The molecular weight excluding hydrogens is 290 g/mol. The van der Waals surface area contributed by atoms with Crippen LogP contribution in [-0.4, -0.2) is 26.5 Å². The smallest absolute Gasteiger partial charge is 0.207 e. The van der Waals surface area contributed by atoms with Gasteiger partial charge in [0.25, 0.3) is 0 Å². The Kier molecular flexibility index (Phi) is 5.07. The molecule has 1 unspecified atom stereocenters. The summed E-state index contributed by atoms with van der Waals surface area (Å²) >= 11 is 1.65. The summed E-state index contributed by atoms with van der Waals surface area (Å²) in [6.07, 6.45) is 2.76. The van der Waals surface area contributed by atoms with Crippen LogP contribution < -0.4 is 4.72 Å². The predicted molar refractivity (Wildman–Crippen MR) is 86.7 cm³/mol. The lowest BCUT2D eigenvalue weighted by Gasteiger charge is -2.17. The first kappa shape index (κ1) is 15.4. The summed E-state index contributed by atoms with van der Waals surface area (Å²) in [5.74, 6) is 0.778. The Bertz CT molecular complexity index is 678. The molecule has 2 rings (SSSR count). The molecule has 20 heavy (non-hydrogen) atoms. The Morgan fingerprint density at radius 2 is 1.85 bits per heavy atom. The SMILES string of the molecule is CCC(CSC)NS(=O)(=O)c1cccc2ccccc12. The van der Waals surface area contributed by atoms with Crippen LogP contribution in [0.15, 0.2) is 47.4 Å². The summed E-state index contributed by atoms with van der Waals surface area (Å²) < 4.78 is 27.9. The van der Waals surface area contributed by atoms with E-state index in [1.807, 2.05) is 43.5 Å². The molecule has 108 valence electrons.